The first kappa shape index (κ1) is 12.4. The van der Waals surface area contributed by atoms with Crippen LogP contribution in [0.3, 0.4) is 0 Å². The van der Waals surface area contributed by atoms with Gasteiger partial charge in [0.1, 0.15) is 6.61 Å². The molecule has 0 amide bonds. The molecular weight excluding hydrogens is 243 g/mol. The molecule has 2 nitrogen and oxygen atoms in total. The van der Waals surface area contributed by atoms with Gasteiger partial charge in [-0.15, -0.1) is 0 Å². The Morgan fingerprint density at radius 1 is 1.06 bits per heavy atom. The summed E-state index contributed by atoms with van der Waals surface area (Å²) in [6, 6.07) is 11.0. The number of hydrogen-bond acceptors (Lipinski definition) is 2. The van der Waals surface area contributed by atoms with Crippen molar-refractivity contribution in [3.05, 3.63) is 59.8 Å². The second-order valence-corrected chi connectivity index (χ2v) is 3.65. The van der Waals surface area contributed by atoms with Crippen LogP contribution in [0.15, 0.2) is 48.7 Å². The number of benzene rings is 1. The third-order valence-corrected chi connectivity index (χ3v) is 2.29. The Kier molecular flexibility index (Phi) is 3.50. The van der Waals surface area contributed by atoms with Crippen LogP contribution in [-0.4, -0.2) is 4.98 Å². The van der Waals surface area contributed by atoms with Crippen molar-refractivity contribution in [3.8, 4) is 5.88 Å². The van der Waals surface area contributed by atoms with E-state index in [2.05, 4.69) is 4.98 Å². The van der Waals surface area contributed by atoms with Gasteiger partial charge in [-0.1, -0.05) is 30.3 Å². The first-order valence-corrected chi connectivity index (χ1v) is 5.26. The zero-order chi connectivity index (χ0) is 13.0. The molecule has 0 fully saturated rings. The van der Waals surface area contributed by atoms with Crippen molar-refractivity contribution < 1.29 is 17.9 Å². The fourth-order valence-corrected chi connectivity index (χ4v) is 1.40. The van der Waals surface area contributed by atoms with Crippen molar-refractivity contribution in [2.75, 3.05) is 0 Å². The van der Waals surface area contributed by atoms with E-state index in [1.807, 2.05) is 30.3 Å². The molecule has 0 atom stereocenters. The minimum Gasteiger partial charge on any atom is -0.473 e. The molecule has 0 radical (unpaired) electrons. The molecule has 0 aliphatic heterocycles. The molecule has 1 aromatic carbocycles. The van der Waals surface area contributed by atoms with Gasteiger partial charge in [0.25, 0.3) is 0 Å². The predicted molar refractivity (Wildman–Crippen MR) is 60.0 cm³/mol. The standard InChI is InChI=1S/C13H10F3NO/c14-13(15,16)11-6-7-17-12(8-11)18-9-10-4-2-1-3-5-10/h1-8H,9H2. The molecule has 1 aromatic heterocycles. The lowest BCUT2D eigenvalue weighted by Crippen LogP contribution is -2.06. The molecule has 1 heterocycles. The number of alkyl halides is 3. The van der Waals surface area contributed by atoms with E-state index in [9.17, 15) is 13.2 Å². The summed E-state index contributed by atoms with van der Waals surface area (Å²) in [5.41, 5.74) is 0.109. The van der Waals surface area contributed by atoms with E-state index in [1.165, 1.54) is 0 Å². The van der Waals surface area contributed by atoms with Gasteiger partial charge in [0.15, 0.2) is 0 Å². The van der Waals surface area contributed by atoms with Crippen molar-refractivity contribution >= 4 is 0 Å². The minimum absolute atomic E-state index is 0.0336. The van der Waals surface area contributed by atoms with Crippen LogP contribution in [0.4, 0.5) is 13.2 Å². The second kappa shape index (κ2) is 5.08. The van der Waals surface area contributed by atoms with Gasteiger partial charge in [0, 0.05) is 12.3 Å². The number of nitrogens with zero attached hydrogens (tertiary/aromatic N) is 1. The molecule has 5 heteroatoms. The highest BCUT2D eigenvalue weighted by Gasteiger charge is 2.30. The Balaban J connectivity index is 2.06. The molecule has 2 aromatic rings. The van der Waals surface area contributed by atoms with Gasteiger partial charge in [-0.05, 0) is 11.6 Å². The Labute approximate surface area is 102 Å². The third kappa shape index (κ3) is 3.23. The highest BCUT2D eigenvalue weighted by Crippen LogP contribution is 2.30. The van der Waals surface area contributed by atoms with Gasteiger partial charge in [0.05, 0.1) is 5.56 Å². The summed E-state index contributed by atoms with van der Waals surface area (Å²) in [6.07, 6.45) is -3.29. The lowest BCUT2D eigenvalue weighted by Gasteiger charge is -2.09. The molecule has 0 aliphatic carbocycles. The van der Waals surface area contributed by atoms with Crippen molar-refractivity contribution in [1.82, 2.24) is 4.98 Å². The quantitative estimate of drug-likeness (QED) is 0.832. The van der Waals surface area contributed by atoms with Crippen LogP contribution in [0.2, 0.25) is 0 Å². The normalized spacial score (nSPS) is 11.3. The van der Waals surface area contributed by atoms with E-state index in [4.69, 9.17) is 4.74 Å². The highest BCUT2D eigenvalue weighted by molar-refractivity contribution is 5.23. The SMILES string of the molecule is FC(F)(F)c1ccnc(OCc2ccccc2)c1. The Morgan fingerprint density at radius 3 is 2.44 bits per heavy atom. The van der Waals surface area contributed by atoms with Crippen LogP contribution in [0.25, 0.3) is 0 Å². The van der Waals surface area contributed by atoms with Crippen LogP contribution in [0.1, 0.15) is 11.1 Å². The maximum absolute atomic E-state index is 12.4. The summed E-state index contributed by atoms with van der Waals surface area (Å²) in [7, 11) is 0. The van der Waals surface area contributed by atoms with E-state index in [0.717, 1.165) is 23.9 Å². The molecule has 94 valence electrons. The lowest BCUT2D eigenvalue weighted by atomic mass is 10.2. The molecule has 0 aliphatic rings. The van der Waals surface area contributed by atoms with Gasteiger partial charge in [-0.2, -0.15) is 13.2 Å². The molecule has 18 heavy (non-hydrogen) atoms. The number of halogens is 3. The Morgan fingerprint density at radius 2 is 1.78 bits per heavy atom. The molecule has 0 saturated carbocycles. The molecule has 0 unspecified atom stereocenters. The monoisotopic (exact) mass is 253 g/mol. The van der Waals surface area contributed by atoms with Crippen LogP contribution >= 0.6 is 0 Å². The molecule has 0 saturated heterocycles. The number of hydrogen-bond donors (Lipinski definition) is 0. The van der Waals surface area contributed by atoms with Crippen molar-refractivity contribution in [2.45, 2.75) is 12.8 Å². The summed E-state index contributed by atoms with van der Waals surface area (Å²) < 4.78 is 42.6. The molecule has 0 spiro atoms. The van der Waals surface area contributed by atoms with E-state index < -0.39 is 11.7 Å². The Bertz CT molecular complexity index is 511. The molecule has 0 bridgehead atoms. The topological polar surface area (TPSA) is 22.1 Å². The summed E-state index contributed by atoms with van der Waals surface area (Å²) in [5.74, 6) is -0.0336. The molecule has 0 N–H and O–H groups in total. The number of rotatable bonds is 3. The summed E-state index contributed by atoms with van der Waals surface area (Å²) in [4.78, 5) is 3.75. The second-order valence-electron chi connectivity index (χ2n) is 3.65. The average Bonchev–Trinajstić information content (AvgIpc) is 2.37. The van der Waals surface area contributed by atoms with E-state index in [1.54, 1.807) is 0 Å². The van der Waals surface area contributed by atoms with Crippen LogP contribution in [0, 0.1) is 0 Å². The van der Waals surface area contributed by atoms with Crippen LogP contribution in [-0.2, 0) is 12.8 Å². The third-order valence-electron chi connectivity index (χ3n) is 2.29. The largest absolute Gasteiger partial charge is 0.473 e. The first-order chi connectivity index (χ1) is 8.55. The van der Waals surface area contributed by atoms with Gasteiger partial charge in [0.2, 0.25) is 5.88 Å². The molecule has 2 rings (SSSR count). The summed E-state index contributed by atoms with van der Waals surface area (Å²) in [6.45, 7) is 0.190. The zero-order valence-electron chi connectivity index (χ0n) is 9.32. The van der Waals surface area contributed by atoms with Crippen molar-refractivity contribution in [2.24, 2.45) is 0 Å². The maximum Gasteiger partial charge on any atom is 0.416 e. The maximum atomic E-state index is 12.4. The fraction of sp³-hybridized carbons (Fsp3) is 0.154. The van der Waals surface area contributed by atoms with E-state index >= 15 is 0 Å². The van der Waals surface area contributed by atoms with Gasteiger partial charge in [-0.3, -0.25) is 0 Å². The lowest BCUT2D eigenvalue weighted by molar-refractivity contribution is -0.137. The van der Waals surface area contributed by atoms with Crippen molar-refractivity contribution in [1.29, 1.82) is 0 Å². The van der Waals surface area contributed by atoms with Gasteiger partial charge < -0.3 is 4.74 Å². The average molecular weight is 253 g/mol. The molecular formula is C13H10F3NO. The number of pyridine rings is 1. The van der Waals surface area contributed by atoms with Crippen LogP contribution in [0.5, 0.6) is 5.88 Å². The minimum atomic E-state index is -4.38. The summed E-state index contributed by atoms with van der Waals surface area (Å²) >= 11 is 0. The Hall–Kier alpha value is -2.04. The van der Waals surface area contributed by atoms with Crippen molar-refractivity contribution in [3.63, 3.8) is 0 Å². The van der Waals surface area contributed by atoms with Crippen LogP contribution < -0.4 is 4.74 Å². The van der Waals surface area contributed by atoms with Gasteiger partial charge >= 0.3 is 6.18 Å². The fourth-order valence-electron chi connectivity index (χ4n) is 1.40. The number of aromatic nitrogens is 1. The van der Waals surface area contributed by atoms with E-state index in [0.29, 0.717) is 0 Å². The number of ether oxygens (including phenoxy) is 1. The predicted octanol–water partition coefficient (Wildman–Crippen LogP) is 3.68. The van der Waals surface area contributed by atoms with Gasteiger partial charge in [-0.25, -0.2) is 4.98 Å². The summed E-state index contributed by atoms with van der Waals surface area (Å²) in [5, 5.41) is 0. The zero-order valence-corrected chi connectivity index (χ0v) is 9.32. The smallest absolute Gasteiger partial charge is 0.416 e. The van der Waals surface area contributed by atoms with E-state index in [-0.39, 0.29) is 12.5 Å². The first-order valence-electron chi connectivity index (χ1n) is 5.26. The highest BCUT2D eigenvalue weighted by atomic mass is 19.4.